The van der Waals surface area contributed by atoms with Gasteiger partial charge in [0.25, 0.3) is 0 Å². The third-order valence-corrected chi connectivity index (χ3v) is 5.12. The Morgan fingerprint density at radius 3 is 2.81 bits per heavy atom. The Morgan fingerprint density at radius 1 is 1.24 bits per heavy atom. The van der Waals surface area contributed by atoms with Crippen LogP contribution >= 0.6 is 22.9 Å². The van der Waals surface area contributed by atoms with Crippen LogP contribution in [0.5, 0.6) is 0 Å². The third-order valence-electron chi connectivity index (χ3n) is 3.70. The minimum Gasteiger partial charge on any atom is -0.356 e. The molecule has 2 heterocycles. The number of nitrogens with one attached hydrogen (secondary N) is 2. The average molecular weight is 319 g/mol. The molecule has 3 aromatic rings. The molecule has 0 fully saturated rings. The van der Waals surface area contributed by atoms with Crippen molar-refractivity contribution in [1.82, 2.24) is 10.3 Å². The number of para-hydroxylation sites is 1. The Kier molecular flexibility index (Phi) is 4.63. The largest absolute Gasteiger partial charge is 0.356 e. The van der Waals surface area contributed by atoms with E-state index in [0.717, 1.165) is 41.0 Å². The lowest BCUT2D eigenvalue weighted by Gasteiger charge is -2.16. The van der Waals surface area contributed by atoms with Crippen molar-refractivity contribution in [1.29, 1.82) is 0 Å². The van der Waals surface area contributed by atoms with E-state index in [2.05, 4.69) is 46.9 Å². The lowest BCUT2D eigenvalue weighted by molar-refractivity contribution is 0.497. The normalized spacial score (nSPS) is 12.9. The fourth-order valence-electron chi connectivity index (χ4n) is 2.63. The predicted molar refractivity (Wildman–Crippen MR) is 92.1 cm³/mol. The van der Waals surface area contributed by atoms with Gasteiger partial charge in [-0.3, -0.25) is 0 Å². The Bertz CT molecular complexity index is 703. The highest BCUT2D eigenvalue weighted by atomic mass is 35.5. The minimum atomic E-state index is 0.400. The van der Waals surface area contributed by atoms with E-state index in [1.54, 1.807) is 0 Å². The van der Waals surface area contributed by atoms with Crippen molar-refractivity contribution in [2.45, 2.75) is 32.4 Å². The first-order valence-corrected chi connectivity index (χ1v) is 8.57. The van der Waals surface area contributed by atoms with Crippen molar-refractivity contribution in [2.24, 2.45) is 0 Å². The summed E-state index contributed by atoms with van der Waals surface area (Å²) in [7, 11) is 0. The molecule has 0 aliphatic heterocycles. The summed E-state index contributed by atoms with van der Waals surface area (Å²) in [6, 6.07) is 12.9. The SMILES string of the molecule is CCCC(NCc1[nH]c2ccccc2c1Cl)c1cccs1. The van der Waals surface area contributed by atoms with Gasteiger partial charge < -0.3 is 10.3 Å². The summed E-state index contributed by atoms with van der Waals surface area (Å²) >= 11 is 8.28. The summed E-state index contributed by atoms with van der Waals surface area (Å²) in [5.74, 6) is 0. The van der Waals surface area contributed by atoms with E-state index < -0.39 is 0 Å². The van der Waals surface area contributed by atoms with E-state index in [9.17, 15) is 0 Å². The van der Waals surface area contributed by atoms with Gasteiger partial charge in [-0.05, 0) is 23.9 Å². The topological polar surface area (TPSA) is 27.8 Å². The maximum absolute atomic E-state index is 6.47. The van der Waals surface area contributed by atoms with Crippen LogP contribution in [0.2, 0.25) is 5.02 Å². The number of thiophene rings is 1. The van der Waals surface area contributed by atoms with Crippen LogP contribution in [0.15, 0.2) is 41.8 Å². The number of aromatic amines is 1. The molecule has 0 amide bonds. The van der Waals surface area contributed by atoms with Crippen LogP contribution in [0.4, 0.5) is 0 Å². The second-order valence-corrected chi connectivity index (χ2v) is 6.56. The van der Waals surface area contributed by atoms with E-state index in [1.807, 2.05) is 23.5 Å². The van der Waals surface area contributed by atoms with Crippen LogP contribution in [0.3, 0.4) is 0 Å². The smallest absolute Gasteiger partial charge is 0.0705 e. The zero-order valence-corrected chi connectivity index (χ0v) is 13.6. The van der Waals surface area contributed by atoms with Gasteiger partial charge in [-0.2, -0.15) is 0 Å². The maximum Gasteiger partial charge on any atom is 0.0705 e. The monoisotopic (exact) mass is 318 g/mol. The van der Waals surface area contributed by atoms with Crippen molar-refractivity contribution in [3.63, 3.8) is 0 Å². The molecular weight excluding hydrogens is 300 g/mol. The number of fused-ring (bicyclic) bond motifs is 1. The van der Waals surface area contributed by atoms with Crippen molar-refractivity contribution >= 4 is 33.8 Å². The molecule has 1 unspecified atom stereocenters. The number of benzene rings is 1. The molecule has 1 aromatic carbocycles. The van der Waals surface area contributed by atoms with Crippen LogP contribution in [0, 0.1) is 0 Å². The lowest BCUT2D eigenvalue weighted by atomic mass is 10.1. The van der Waals surface area contributed by atoms with Gasteiger partial charge in [0.05, 0.1) is 5.02 Å². The second-order valence-electron chi connectivity index (χ2n) is 5.20. The zero-order valence-electron chi connectivity index (χ0n) is 12.0. The molecule has 3 rings (SSSR count). The highest BCUT2D eigenvalue weighted by Gasteiger charge is 2.14. The Hall–Kier alpha value is -1.29. The summed E-state index contributed by atoms with van der Waals surface area (Å²) in [6.07, 6.45) is 2.30. The molecule has 0 aliphatic carbocycles. The number of hydrogen-bond donors (Lipinski definition) is 2. The number of halogens is 1. The van der Waals surface area contributed by atoms with Crippen LogP contribution < -0.4 is 5.32 Å². The molecule has 0 bridgehead atoms. The van der Waals surface area contributed by atoms with Crippen LogP contribution in [-0.2, 0) is 6.54 Å². The molecule has 2 aromatic heterocycles. The standard InChI is InChI=1S/C17H19ClN2S/c1-2-6-14(16-9-5-10-21-16)19-11-15-17(18)12-7-3-4-8-13(12)20-15/h3-5,7-10,14,19-20H,2,6,11H2,1H3. The summed E-state index contributed by atoms with van der Waals surface area (Å²) in [5.41, 5.74) is 2.16. The molecular formula is C17H19ClN2S. The summed E-state index contributed by atoms with van der Waals surface area (Å²) in [4.78, 5) is 4.81. The molecule has 0 aliphatic rings. The fourth-order valence-corrected chi connectivity index (χ4v) is 3.75. The molecule has 0 radical (unpaired) electrons. The third kappa shape index (κ3) is 3.15. The Labute approximate surface area is 134 Å². The highest BCUT2D eigenvalue weighted by Crippen LogP contribution is 2.28. The first-order chi connectivity index (χ1) is 10.3. The fraction of sp³-hybridized carbons (Fsp3) is 0.294. The highest BCUT2D eigenvalue weighted by molar-refractivity contribution is 7.10. The van der Waals surface area contributed by atoms with E-state index >= 15 is 0 Å². The molecule has 110 valence electrons. The molecule has 2 nitrogen and oxygen atoms in total. The van der Waals surface area contributed by atoms with Crippen LogP contribution in [-0.4, -0.2) is 4.98 Å². The van der Waals surface area contributed by atoms with E-state index in [4.69, 9.17) is 11.6 Å². The number of H-pyrrole nitrogens is 1. The molecule has 0 saturated heterocycles. The minimum absolute atomic E-state index is 0.400. The summed E-state index contributed by atoms with van der Waals surface area (Å²) in [5, 5.41) is 7.70. The number of aromatic nitrogens is 1. The van der Waals surface area contributed by atoms with Gasteiger partial charge in [-0.25, -0.2) is 0 Å². The zero-order chi connectivity index (χ0) is 14.7. The van der Waals surface area contributed by atoms with Crippen molar-refractivity contribution in [3.05, 3.63) is 57.4 Å². The van der Waals surface area contributed by atoms with E-state index in [0.29, 0.717) is 6.04 Å². The van der Waals surface area contributed by atoms with Crippen LogP contribution in [0.1, 0.15) is 36.4 Å². The second kappa shape index (κ2) is 6.65. The number of rotatable bonds is 6. The van der Waals surface area contributed by atoms with Crippen molar-refractivity contribution < 1.29 is 0 Å². The van der Waals surface area contributed by atoms with Gasteiger partial charge in [-0.15, -0.1) is 11.3 Å². The molecule has 2 N–H and O–H groups in total. The quantitative estimate of drug-likeness (QED) is 0.616. The molecule has 21 heavy (non-hydrogen) atoms. The Balaban J connectivity index is 1.77. The molecule has 0 spiro atoms. The lowest BCUT2D eigenvalue weighted by Crippen LogP contribution is -2.20. The van der Waals surface area contributed by atoms with Crippen molar-refractivity contribution in [2.75, 3.05) is 0 Å². The molecule has 1 atom stereocenters. The van der Waals surface area contributed by atoms with Crippen LogP contribution in [0.25, 0.3) is 10.9 Å². The summed E-state index contributed by atoms with van der Waals surface area (Å²) in [6.45, 7) is 2.98. The van der Waals surface area contributed by atoms with Gasteiger partial charge in [0.15, 0.2) is 0 Å². The molecule has 4 heteroatoms. The first kappa shape index (κ1) is 14.6. The summed E-state index contributed by atoms with van der Waals surface area (Å²) < 4.78 is 0. The van der Waals surface area contributed by atoms with Gasteiger partial charge in [-0.1, -0.05) is 49.2 Å². The average Bonchev–Trinajstić information content (AvgIpc) is 3.13. The van der Waals surface area contributed by atoms with E-state index in [1.165, 1.54) is 4.88 Å². The Morgan fingerprint density at radius 2 is 2.10 bits per heavy atom. The first-order valence-electron chi connectivity index (χ1n) is 7.31. The van der Waals surface area contributed by atoms with Gasteiger partial charge in [0, 0.05) is 34.1 Å². The van der Waals surface area contributed by atoms with Crippen molar-refractivity contribution in [3.8, 4) is 0 Å². The van der Waals surface area contributed by atoms with E-state index in [-0.39, 0.29) is 0 Å². The molecule has 0 saturated carbocycles. The maximum atomic E-state index is 6.47. The van der Waals surface area contributed by atoms with Gasteiger partial charge in [0.2, 0.25) is 0 Å². The van der Waals surface area contributed by atoms with Gasteiger partial charge in [0.1, 0.15) is 0 Å². The number of hydrogen-bond acceptors (Lipinski definition) is 2. The van der Waals surface area contributed by atoms with Gasteiger partial charge >= 0.3 is 0 Å². The predicted octanol–water partition coefficient (Wildman–Crippen LogP) is 5.51.